The Bertz CT molecular complexity index is 572. The van der Waals surface area contributed by atoms with Gasteiger partial charge in [-0.2, -0.15) is 15.5 Å². The standard InChI is InChI=1S/C11H13N7O2/c1-3-14-11-15-8(2)9(18(19)20)10(16-11)17(6-4-12)7-5-13/h3,6-7H2,1-2H3,(H,14,15,16). The molecular weight excluding hydrogens is 262 g/mol. The van der Waals surface area contributed by atoms with Crippen molar-refractivity contribution in [3.63, 3.8) is 0 Å². The second kappa shape index (κ2) is 6.85. The molecule has 1 heterocycles. The zero-order valence-electron chi connectivity index (χ0n) is 11.1. The van der Waals surface area contributed by atoms with Crippen LogP contribution in [-0.4, -0.2) is 34.5 Å². The van der Waals surface area contributed by atoms with Gasteiger partial charge in [0.2, 0.25) is 11.8 Å². The summed E-state index contributed by atoms with van der Waals surface area (Å²) in [6.07, 6.45) is 0. The van der Waals surface area contributed by atoms with E-state index >= 15 is 0 Å². The Labute approximate surface area is 115 Å². The molecule has 0 radical (unpaired) electrons. The highest BCUT2D eigenvalue weighted by Crippen LogP contribution is 2.29. The van der Waals surface area contributed by atoms with Gasteiger partial charge in [0.05, 0.1) is 17.1 Å². The van der Waals surface area contributed by atoms with E-state index in [-0.39, 0.29) is 36.2 Å². The normalized spacial score (nSPS) is 9.40. The average Bonchev–Trinajstić information content (AvgIpc) is 2.37. The number of nitro groups is 1. The number of rotatable bonds is 6. The molecule has 0 aliphatic carbocycles. The van der Waals surface area contributed by atoms with Gasteiger partial charge < -0.3 is 10.2 Å². The van der Waals surface area contributed by atoms with Crippen LogP contribution < -0.4 is 10.2 Å². The Kier molecular flexibility index (Phi) is 5.18. The number of nitrogens with one attached hydrogen (secondary N) is 1. The maximum atomic E-state index is 11.1. The van der Waals surface area contributed by atoms with Crippen LogP contribution in [0.3, 0.4) is 0 Å². The Morgan fingerprint density at radius 2 is 1.95 bits per heavy atom. The topological polar surface area (TPSA) is 132 Å². The van der Waals surface area contributed by atoms with E-state index in [2.05, 4.69) is 15.3 Å². The lowest BCUT2D eigenvalue weighted by Crippen LogP contribution is -2.26. The molecule has 9 heteroatoms. The summed E-state index contributed by atoms with van der Waals surface area (Å²) in [5, 5.41) is 31.5. The fourth-order valence-electron chi connectivity index (χ4n) is 1.60. The molecule has 0 unspecified atom stereocenters. The van der Waals surface area contributed by atoms with E-state index in [1.165, 1.54) is 11.8 Å². The van der Waals surface area contributed by atoms with Crippen molar-refractivity contribution >= 4 is 17.5 Å². The fraction of sp³-hybridized carbons (Fsp3) is 0.455. The highest BCUT2D eigenvalue weighted by molar-refractivity contribution is 5.63. The predicted molar refractivity (Wildman–Crippen MR) is 71.0 cm³/mol. The van der Waals surface area contributed by atoms with Crippen molar-refractivity contribution in [2.75, 3.05) is 29.9 Å². The van der Waals surface area contributed by atoms with Crippen LogP contribution in [0.25, 0.3) is 0 Å². The first kappa shape index (κ1) is 15.1. The van der Waals surface area contributed by atoms with Crippen LogP contribution in [0.1, 0.15) is 12.6 Å². The van der Waals surface area contributed by atoms with E-state index in [1.807, 2.05) is 19.1 Å². The summed E-state index contributed by atoms with van der Waals surface area (Å²) in [6, 6.07) is 3.72. The minimum Gasteiger partial charge on any atom is -0.354 e. The summed E-state index contributed by atoms with van der Waals surface area (Å²) >= 11 is 0. The van der Waals surface area contributed by atoms with Crippen molar-refractivity contribution < 1.29 is 4.92 Å². The number of nitriles is 2. The quantitative estimate of drug-likeness (QED) is 0.461. The first-order chi connectivity index (χ1) is 9.54. The fourth-order valence-corrected chi connectivity index (χ4v) is 1.60. The molecule has 0 aliphatic heterocycles. The molecule has 1 N–H and O–H groups in total. The minimum atomic E-state index is -0.609. The lowest BCUT2D eigenvalue weighted by Gasteiger charge is -2.18. The van der Waals surface area contributed by atoms with Gasteiger partial charge in [0.15, 0.2) is 0 Å². The molecule has 0 atom stereocenters. The van der Waals surface area contributed by atoms with Gasteiger partial charge in [-0.3, -0.25) is 10.1 Å². The summed E-state index contributed by atoms with van der Waals surface area (Å²) in [7, 11) is 0. The van der Waals surface area contributed by atoms with Crippen molar-refractivity contribution in [3.05, 3.63) is 15.8 Å². The van der Waals surface area contributed by atoms with Gasteiger partial charge in [-0.25, -0.2) is 4.98 Å². The molecule has 0 spiro atoms. The van der Waals surface area contributed by atoms with E-state index in [0.717, 1.165) is 0 Å². The number of hydrogen-bond acceptors (Lipinski definition) is 8. The van der Waals surface area contributed by atoms with Crippen molar-refractivity contribution in [3.8, 4) is 12.1 Å². The van der Waals surface area contributed by atoms with Gasteiger partial charge in [0.25, 0.3) is 0 Å². The van der Waals surface area contributed by atoms with Crippen LogP contribution >= 0.6 is 0 Å². The highest BCUT2D eigenvalue weighted by atomic mass is 16.6. The van der Waals surface area contributed by atoms with Crippen molar-refractivity contribution in [1.29, 1.82) is 10.5 Å². The molecule has 0 bridgehead atoms. The molecule has 1 aromatic rings. The molecular formula is C11H13N7O2. The molecule has 0 aliphatic rings. The maximum absolute atomic E-state index is 11.1. The van der Waals surface area contributed by atoms with Gasteiger partial charge in [-0.05, 0) is 13.8 Å². The maximum Gasteiger partial charge on any atom is 0.332 e. The SMILES string of the molecule is CCNc1nc(C)c([N+](=O)[O-])c(N(CC#N)CC#N)n1. The lowest BCUT2D eigenvalue weighted by atomic mass is 10.3. The lowest BCUT2D eigenvalue weighted by molar-refractivity contribution is -0.385. The second-order valence-corrected chi connectivity index (χ2v) is 3.76. The zero-order valence-corrected chi connectivity index (χ0v) is 11.1. The third-order valence-electron chi connectivity index (χ3n) is 2.38. The largest absolute Gasteiger partial charge is 0.354 e. The summed E-state index contributed by atoms with van der Waals surface area (Å²) in [5.41, 5.74) is -0.117. The summed E-state index contributed by atoms with van der Waals surface area (Å²) < 4.78 is 0. The Morgan fingerprint density at radius 1 is 1.35 bits per heavy atom. The predicted octanol–water partition coefficient (Wildman–Crippen LogP) is 0.979. The summed E-state index contributed by atoms with van der Waals surface area (Å²) in [4.78, 5) is 19.8. The Morgan fingerprint density at radius 3 is 2.40 bits per heavy atom. The molecule has 0 aromatic carbocycles. The molecule has 1 rings (SSSR count). The van der Waals surface area contributed by atoms with Crippen molar-refractivity contribution in [2.45, 2.75) is 13.8 Å². The van der Waals surface area contributed by atoms with E-state index in [0.29, 0.717) is 6.54 Å². The smallest absolute Gasteiger partial charge is 0.332 e. The number of aryl methyl sites for hydroxylation is 1. The number of anilines is 2. The van der Waals surface area contributed by atoms with Crippen LogP contribution in [0.5, 0.6) is 0 Å². The Hall–Kier alpha value is -2.94. The van der Waals surface area contributed by atoms with Crippen LogP contribution in [0, 0.1) is 39.7 Å². The molecule has 0 saturated heterocycles. The molecule has 0 fully saturated rings. The monoisotopic (exact) mass is 275 g/mol. The van der Waals surface area contributed by atoms with Gasteiger partial charge in [0.1, 0.15) is 18.8 Å². The van der Waals surface area contributed by atoms with Gasteiger partial charge >= 0.3 is 5.69 Å². The first-order valence-corrected chi connectivity index (χ1v) is 5.80. The molecule has 9 nitrogen and oxygen atoms in total. The average molecular weight is 275 g/mol. The molecule has 0 amide bonds. The van der Waals surface area contributed by atoms with Gasteiger partial charge in [0, 0.05) is 6.54 Å². The number of nitrogens with zero attached hydrogens (tertiary/aromatic N) is 6. The second-order valence-electron chi connectivity index (χ2n) is 3.76. The number of aromatic nitrogens is 2. The van der Waals surface area contributed by atoms with E-state index < -0.39 is 4.92 Å². The van der Waals surface area contributed by atoms with Crippen molar-refractivity contribution in [2.24, 2.45) is 0 Å². The third-order valence-corrected chi connectivity index (χ3v) is 2.38. The van der Waals surface area contributed by atoms with Crippen LogP contribution in [0.2, 0.25) is 0 Å². The number of hydrogen-bond donors (Lipinski definition) is 1. The molecule has 1 aromatic heterocycles. The zero-order chi connectivity index (χ0) is 15.1. The van der Waals surface area contributed by atoms with E-state index in [1.54, 1.807) is 0 Å². The first-order valence-electron chi connectivity index (χ1n) is 5.80. The van der Waals surface area contributed by atoms with Crippen LogP contribution in [0.15, 0.2) is 0 Å². The highest BCUT2D eigenvalue weighted by Gasteiger charge is 2.26. The summed E-state index contributed by atoms with van der Waals surface area (Å²) in [5.74, 6) is 0.202. The molecule has 20 heavy (non-hydrogen) atoms. The minimum absolute atomic E-state index is 0.0263. The van der Waals surface area contributed by atoms with Crippen LogP contribution in [-0.2, 0) is 0 Å². The molecule has 104 valence electrons. The van der Waals surface area contributed by atoms with Gasteiger partial charge in [-0.15, -0.1) is 0 Å². The summed E-state index contributed by atoms with van der Waals surface area (Å²) in [6.45, 7) is 3.53. The third kappa shape index (κ3) is 3.29. The van der Waals surface area contributed by atoms with Gasteiger partial charge in [-0.1, -0.05) is 0 Å². The Balaban J connectivity index is 3.42. The van der Waals surface area contributed by atoms with E-state index in [9.17, 15) is 10.1 Å². The van der Waals surface area contributed by atoms with Crippen molar-refractivity contribution in [1.82, 2.24) is 9.97 Å². The van der Waals surface area contributed by atoms with Crippen LogP contribution in [0.4, 0.5) is 17.5 Å². The molecule has 0 saturated carbocycles. The van der Waals surface area contributed by atoms with E-state index in [4.69, 9.17) is 10.5 Å².